The van der Waals surface area contributed by atoms with Crippen molar-refractivity contribution in [3.05, 3.63) is 64.7 Å². The van der Waals surface area contributed by atoms with Gasteiger partial charge in [-0.05, 0) is 42.3 Å². The Morgan fingerprint density at radius 3 is 2.49 bits per heavy atom. The molecule has 2 aromatic rings. The lowest BCUT2D eigenvalue weighted by Crippen LogP contribution is -2.34. The molecule has 1 aliphatic heterocycles. The maximum atomic E-state index is 13.4. The minimum atomic E-state index is -0.321. The van der Waals surface area contributed by atoms with E-state index in [2.05, 4.69) is 10.3 Å². The molecule has 0 atom stereocenters. The van der Waals surface area contributed by atoms with Crippen LogP contribution in [0.2, 0.25) is 0 Å². The number of nitrogens with zero attached hydrogens (tertiary/aromatic N) is 3. The minimum absolute atomic E-state index is 0.0727. The van der Waals surface area contributed by atoms with Crippen LogP contribution in [0.5, 0.6) is 0 Å². The molecular formula is C27H34N6O4. The number of benzene rings is 2. The van der Waals surface area contributed by atoms with Crippen LogP contribution in [-0.4, -0.2) is 60.7 Å². The van der Waals surface area contributed by atoms with Crippen molar-refractivity contribution in [3.63, 3.8) is 0 Å². The standard InChI is InChI=1S/C27H34N6O4/c1-4-13-33(37-17-18-5-9-22(28)10-6-18)27(36)21-14-19-7-8-20(15-23(19)31-24(29)16-21)26(35)30-12-11-25(34)32(2)3/h5-10,14-15H,4,11-13,16-17,28H2,1-3H3,(H2,29,31)(H,30,35). The second-order valence-electron chi connectivity index (χ2n) is 8.94. The average Bonchev–Trinajstić information content (AvgIpc) is 3.04. The number of aliphatic imine (C=N–C) groups is 1. The van der Waals surface area contributed by atoms with E-state index >= 15 is 0 Å². The zero-order valence-corrected chi connectivity index (χ0v) is 21.5. The van der Waals surface area contributed by atoms with Crippen molar-refractivity contribution in [1.29, 1.82) is 0 Å². The number of nitrogens with two attached hydrogens (primary N) is 2. The average molecular weight is 507 g/mol. The first kappa shape index (κ1) is 27.4. The van der Waals surface area contributed by atoms with Crippen molar-refractivity contribution < 1.29 is 19.2 Å². The van der Waals surface area contributed by atoms with Crippen LogP contribution in [0.4, 0.5) is 11.4 Å². The third kappa shape index (κ3) is 7.65. The van der Waals surface area contributed by atoms with Crippen molar-refractivity contribution in [1.82, 2.24) is 15.3 Å². The molecule has 0 aromatic heterocycles. The van der Waals surface area contributed by atoms with Crippen LogP contribution in [0.1, 0.15) is 47.7 Å². The zero-order valence-electron chi connectivity index (χ0n) is 21.5. The van der Waals surface area contributed by atoms with Gasteiger partial charge in [-0.1, -0.05) is 25.1 Å². The van der Waals surface area contributed by atoms with Crippen LogP contribution in [0.15, 0.2) is 53.0 Å². The molecule has 3 rings (SSSR count). The highest BCUT2D eigenvalue weighted by atomic mass is 16.7. The van der Waals surface area contributed by atoms with Crippen molar-refractivity contribution in [2.45, 2.75) is 32.8 Å². The Balaban J connectivity index is 1.74. The first-order valence-electron chi connectivity index (χ1n) is 12.1. The second-order valence-corrected chi connectivity index (χ2v) is 8.94. The summed E-state index contributed by atoms with van der Waals surface area (Å²) in [4.78, 5) is 49.4. The first-order valence-corrected chi connectivity index (χ1v) is 12.1. The molecule has 0 bridgehead atoms. The predicted molar refractivity (Wildman–Crippen MR) is 144 cm³/mol. The number of anilines is 1. The van der Waals surface area contributed by atoms with Gasteiger partial charge in [-0.15, -0.1) is 0 Å². The van der Waals surface area contributed by atoms with Crippen molar-refractivity contribution in [3.8, 4) is 0 Å². The molecule has 0 saturated carbocycles. The van der Waals surface area contributed by atoms with E-state index in [1.807, 2.05) is 19.1 Å². The third-order valence-corrected chi connectivity index (χ3v) is 5.68. The molecule has 0 unspecified atom stereocenters. The second kappa shape index (κ2) is 12.7. The topological polar surface area (TPSA) is 143 Å². The van der Waals surface area contributed by atoms with Crippen LogP contribution in [0.25, 0.3) is 6.08 Å². The van der Waals surface area contributed by atoms with E-state index in [-0.39, 0.29) is 49.6 Å². The smallest absolute Gasteiger partial charge is 0.273 e. The third-order valence-electron chi connectivity index (χ3n) is 5.68. The SMILES string of the molecule is CCCN(OCc1ccc(N)cc1)C(=O)C1=Cc2ccc(C(=O)NCCC(=O)N(C)C)cc2N=C(N)C1. The summed E-state index contributed by atoms with van der Waals surface area (Å²) >= 11 is 0. The van der Waals surface area contributed by atoms with Crippen LogP contribution < -0.4 is 16.8 Å². The summed E-state index contributed by atoms with van der Waals surface area (Å²) in [6, 6.07) is 12.3. The number of nitrogens with one attached hydrogen (secondary N) is 1. The van der Waals surface area contributed by atoms with Gasteiger partial charge in [0.15, 0.2) is 0 Å². The largest absolute Gasteiger partial charge is 0.399 e. The molecule has 0 saturated heterocycles. The Labute approximate surface area is 216 Å². The molecule has 196 valence electrons. The van der Waals surface area contributed by atoms with Gasteiger partial charge in [-0.2, -0.15) is 0 Å². The summed E-state index contributed by atoms with van der Waals surface area (Å²) < 4.78 is 0. The van der Waals surface area contributed by atoms with Crippen molar-refractivity contribution in [2.75, 3.05) is 32.9 Å². The molecule has 0 aliphatic carbocycles. The van der Waals surface area contributed by atoms with E-state index in [1.54, 1.807) is 50.5 Å². The van der Waals surface area contributed by atoms with Gasteiger partial charge < -0.3 is 21.7 Å². The molecule has 1 heterocycles. The Morgan fingerprint density at radius 2 is 1.81 bits per heavy atom. The summed E-state index contributed by atoms with van der Waals surface area (Å²) in [6.45, 7) is 2.81. The number of hydrogen-bond donors (Lipinski definition) is 3. The van der Waals surface area contributed by atoms with Gasteiger partial charge in [0.25, 0.3) is 11.8 Å². The summed E-state index contributed by atoms with van der Waals surface area (Å²) in [5.74, 6) is -0.438. The number of rotatable bonds is 10. The number of amides is 3. The monoisotopic (exact) mass is 506 g/mol. The fourth-order valence-corrected chi connectivity index (χ4v) is 3.63. The Kier molecular flexibility index (Phi) is 9.39. The fraction of sp³-hybridized carbons (Fsp3) is 0.333. The first-order chi connectivity index (χ1) is 17.7. The van der Waals surface area contributed by atoms with E-state index in [1.165, 1.54) is 9.96 Å². The molecule has 10 nitrogen and oxygen atoms in total. The normalized spacial score (nSPS) is 12.5. The molecule has 10 heteroatoms. The van der Waals surface area contributed by atoms with Gasteiger partial charge in [0.1, 0.15) is 12.4 Å². The van der Waals surface area contributed by atoms with Gasteiger partial charge in [-0.25, -0.2) is 10.1 Å². The van der Waals surface area contributed by atoms with Crippen LogP contribution in [0, 0.1) is 0 Å². The minimum Gasteiger partial charge on any atom is -0.399 e. The van der Waals surface area contributed by atoms with Crippen LogP contribution in [-0.2, 0) is 21.0 Å². The molecule has 0 radical (unpaired) electrons. The number of fused-ring (bicyclic) bond motifs is 1. The van der Waals surface area contributed by atoms with Gasteiger partial charge in [0, 0.05) is 62.4 Å². The van der Waals surface area contributed by atoms with Crippen molar-refractivity contribution in [2.24, 2.45) is 10.7 Å². The lowest BCUT2D eigenvalue weighted by atomic mass is 10.0. The molecule has 5 N–H and O–H groups in total. The maximum Gasteiger partial charge on any atom is 0.273 e. The van der Waals surface area contributed by atoms with Crippen molar-refractivity contribution >= 4 is 41.0 Å². The molecule has 37 heavy (non-hydrogen) atoms. The lowest BCUT2D eigenvalue weighted by Gasteiger charge is -2.22. The van der Waals surface area contributed by atoms with Gasteiger partial charge in [0.2, 0.25) is 5.91 Å². The number of hydrogen-bond acceptors (Lipinski definition) is 7. The van der Waals surface area contributed by atoms with Gasteiger partial charge in [0.05, 0.1) is 5.69 Å². The Bertz CT molecular complexity index is 1200. The highest BCUT2D eigenvalue weighted by Gasteiger charge is 2.23. The molecule has 1 aliphatic rings. The predicted octanol–water partition coefficient (Wildman–Crippen LogP) is 2.62. The molecule has 3 amide bonds. The number of carbonyl (C=O) groups is 3. The van der Waals surface area contributed by atoms with E-state index in [4.69, 9.17) is 16.3 Å². The van der Waals surface area contributed by atoms with Crippen LogP contribution in [0.3, 0.4) is 0 Å². The lowest BCUT2D eigenvalue weighted by molar-refractivity contribution is -0.187. The number of nitrogen functional groups attached to an aromatic ring is 1. The highest BCUT2D eigenvalue weighted by molar-refractivity contribution is 6.05. The van der Waals surface area contributed by atoms with Crippen LogP contribution >= 0.6 is 0 Å². The van der Waals surface area contributed by atoms with E-state index < -0.39 is 0 Å². The highest BCUT2D eigenvalue weighted by Crippen LogP contribution is 2.28. The van der Waals surface area contributed by atoms with E-state index in [9.17, 15) is 14.4 Å². The van der Waals surface area contributed by atoms with Gasteiger partial charge >= 0.3 is 0 Å². The van der Waals surface area contributed by atoms with E-state index in [0.717, 1.165) is 5.56 Å². The summed E-state index contributed by atoms with van der Waals surface area (Å²) in [7, 11) is 3.33. The number of carbonyl (C=O) groups excluding carboxylic acids is 3. The Morgan fingerprint density at radius 1 is 1.08 bits per heavy atom. The van der Waals surface area contributed by atoms with E-state index in [0.29, 0.717) is 41.0 Å². The van der Waals surface area contributed by atoms with Gasteiger partial charge in [-0.3, -0.25) is 19.2 Å². The number of hydroxylamine groups is 2. The maximum absolute atomic E-state index is 13.4. The molecular weight excluding hydrogens is 472 g/mol. The quantitative estimate of drug-likeness (QED) is 0.334. The summed E-state index contributed by atoms with van der Waals surface area (Å²) in [5.41, 5.74) is 15.4. The molecule has 0 spiro atoms. The summed E-state index contributed by atoms with van der Waals surface area (Å²) in [6.07, 6.45) is 2.79. The number of amidine groups is 1. The Hall–Kier alpha value is -4.18. The molecule has 2 aromatic carbocycles. The molecule has 0 fully saturated rings. The zero-order chi connectivity index (χ0) is 26.9. The fourth-order valence-electron chi connectivity index (χ4n) is 3.63. The summed E-state index contributed by atoms with van der Waals surface area (Å²) in [5, 5.41) is 4.08.